The van der Waals surface area contributed by atoms with Gasteiger partial charge in [-0.25, -0.2) is 0 Å². The number of morpholine rings is 1. The summed E-state index contributed by atoms with van der Waals surface area (Å²) in [7, 11) is 0. The van der Waals surface area contributed by atoms with E-state index in [1.54, 1.807) is 0 Å². The van der Waals surface area contributed by atoms with Crippen molar-refractivity contribution in [2.75, 3.05) is 19.7 Å². The van der Waals surface area contributed by atoms with E-state index in [1.165, 1.54) is 5.56 Å². The van der Waals surface area contributed by atoms with Crippen LogP contribution in [-0.4, -0.2) is 35.8 Å². The molecule has 1 aliphatic heterocycles. The molecular formula is C19H23NO2. The van der Waals surface area contributed by atoms with Crippen molar-refractivity contribution in [1.29, 1.82) is 0 Å². The van der Waals surface area contributed by atoms with E-state index in [-0.39, 0.29) is 6.10 Å². The maximum atomic E-state index is 10.6. The fourth-order valence-electron chi connectivity index (χ4n) is 3.05. The highest BCUT2D eigenvalue weighted by Gasteiger charge is 2.30. The van der Waals surface area contributed by atoms with Crippen LogP contribution < -0.4 is 0 Å². The highest BCUT2D eigenvalue weighted by molar-refractivity contribution is 5.20. The second-order valence-corrected chi connectivity index (χ2v) is 5.85. The smallest absolute Gasteiger partial charge is 0.106 e. The molecule has 0 radical (unpaired) electrons. The summed E-state index contributed by atoms with van der Waals surface area (Å²) in [4.78, 5) is 2.38. The van der Waals surface area contributed by atoms with Crippen LogP contribution in [0.5, 0.6) is 0 Å². The summed E-state index contributed by atoms with van der Waals surface area (Å²) >= 11 is 0. The summed E-state index contributed by atoms with van der Waals surface area (Å²) < 4.78 is 5.82. The Morgan fingerprint density at radius 2 is 1.59 bits per heavy atom. The molecule has 22 heavy (non-hydrogen) atoms. The molecule has 0 aromatic heterocycles. The Morgan fingerprint density at radius 3 is 2.23 bits per heavy atom. The zero-order valence-corrected chi connectivity index (χ0v) is 12.9. The largest absolute Gasteiger partial charge is 0.386 e. The van der Waals surface area contributed by atoms with Gasteiger partial charge in [0.15, 0.2) is 0 Å². The maximum absolute atomic E-state index is 10.6. The molecule has 1 fully saturated rings. The van der Waals surface area contributed by atoms with Crippen LogP contribution in [0.2, 0.25) is 0 Å². The van der Waals surface area contributed by atoms with Crippen LogP contribution in [0.3, 0.4) is 0 Å². The molecule has 1 aliphatic rings. The fraction of sp³-hybridized carbons (Fsp3) is 0.368. The first-order chi connectivity index (χ1) is 10.8. The summed E-state index contributed by atoms with van der Waals surface area (Å²) in [5.74, 6) is 0. The zero-order valence-electron chi connectivity index (χ0n) is 12.9. The van der Waals surface area contributed by atoms with Crippen LogP contribution in [0.15, 0.2) is 60.7 Å². The van der Waals surface area contributed by atoms with Gasteiger partial charge in [0.05, 0.1) is 6.61 Å². The van der Waals surface area contributed by atoms with Gasteiger partial charge in [0.2, 0.25) is 0 Å². The molecule has 2 aromatic carbocycles. The molecule has 2 aromatic rings. The topological polar surface area (TPSA) is 32.7 Å². The van der Waals surface area contributed by atoms with E-state index in [0.29, 0.717) is 12.6 Å². The summed E-state index contributed by atoms with van der Waals surface area (Å²) in [5.41, 5.74) is 2.22. The van der Waals surface area contributed by atoms with E-state index in [9.17, 15) is 5.11 Å². The standard InChI is InChI=1S/C19H23NO2/c1-15(16-8-4-2-5-9-16)20-12-13-22-18(14-20)19(21)17-10-6-3-7-11-17/h2-11,15,18-19,21H,12-14H2,1H3/t15-,18+,19-/m1/s1. The molecule has 0 amide bonds. The SMILES string of the molecule is C[C@H](c1ccccc1)N1CCO[C@H]([C@H](O)c2ccccc2)C1. The third-order valence-electron chi connectivity index (χ3n) is 4.45. The van der Waals surface area contributed by atoms with Gasteiger partial charge >= 0.3 is 0 Å². The average Bonchev–Trinajstić information content (AvgIpc) is 2.62. The average molecular weight is 297 g/mol. The lowest BCUT2D eigenvalue weighted by atomic mass is 10.0. The molecule has 0 saturated carbocycles. The van der Waals surface area contributed by atoms with Crippen molar-refractivity contribution in [2.24, 2.45) is 0 Å². The molecule has 0 bridgehead atoms. The summed E-state index contributed by atoms with van der Waals surface area (Å²) in [6.07, 6.45) is -0.755. The monoisotopic (exact) mass is 297 g/mol. The van der Waals surface area contributed by atoms with Crippen LogP contribution in [-0.2, 0) is 4.74 Å². The third kappa shape index (κ3) is 3.38. The van der Waals surface area contributed by atoms with Gasteiger partial charge in [-0.05, 0) is 18.1 Å². The lowest BCUT2D eigenvalue weighted by Gasteiger charge is -2.38. The third-order valence-corrected chi connectivity index (χ3v) is 4.45. The van der Waals surface area contributed by atoms with Crippen molar-refractivity contribution in [2.45, 2.75) is 25.2 Å². The first-order valence-electron chi connectivity index (χ1n) is 7.89. The van der Waals surface area contributed by atoms with Gasteiger partial charge in [-0.1, -0.05) is 60.7 Å². The number of aliphatic hydroxyl groups is 1. The summed E-state index contributed by atoms with van der Waals surface area (Å²) in [6.45, 7) is 4.51. The number of rotatable bonds is 4. The van der Waals surface area contributed by atoms with Crippen LogP contribution in [0.4, 0.5) is 0 Å². The zero-order chi connectivity index (χ0) is 15.4. The predicted molar refractivity (Wildman–Crippen MR) is 87.6 cm³/mol. The first-order valence-corrected chi connectivity index (χ1v) is 7.89. The van der Waals surface area contributed by atoms with E-state index < -0.39 is 6.10 Å². The molecular weight excluding hydrogens is 274 g/mol. The van der Waals surface area contributed by atoms with E-state index in [0.717, 1.165) is 18.7 Å². The minimum absolute atomic E-state index is 0.178. The van der Waals surface area contributed by atoms with Crippen molar-refractivity contribution in [3.8, 4) is 0 Å². The highest BCUT2D eigenvalue weighted by atomic mass is 16.5. The predicted octanol–water partition coefficient (Wildman–Crippen LogP) is 3.18. The summed E-state index contributed by atoms with van der Waals surface area (Å²) in [5, 5.41) is 10.6. The Hall–Kier alpha value is -1.68. The second-order valence-electron chi connectivity index (χ2n) is 5.85. The van der Waals surface area contributed by atoms with Crippen LogP contribution in [0, 0.1) is 0 Å². The van der Waals surface area contributed by atoms with Crippen LogP contribution >= 0.6 is 0 Å². The van der Waals surface area contributed by atoms with Crippen LogP contribution in [0.25, 0.3) is 0 Å². The van der Waals surface area contributed by atoms with Crippen LogP contribution in [0.1, 0.15) is 30.2 Å². The van der Waals surface area contributed by atoms with Gasteiger partial charge in [0.1, 0.15) is 12.2 Å². The minimum Gasteiger partial charge on any atom is -0.386 e. The Morgan fingerprint density at radius 1 is 1.00 bits per heavy atom. The first kappa shape index (κ1) is 15.2. The van der Waals surface area contributed by atoms with Gasteiger partial charge in [-0.15, -0.1) is 0 Å². The Balaban J connectivity index is 1.69. The van der Waals surface area contributed by atoms with Gasteiger partial charge in [-0.3, -0.25) is 4.90 Å². The lowest BCUT2D eigenvalue weighted by molar-refractivity contribution is -0.0980. The molecule has 1 N–H and O–H groups in total. The normalized spacial score (nSPS) is 22.2. The van der Waals surface area contributed by atoms with Crippen molar-refractivity contribution < 1.29 is 9.84 Å². The number of hydrogen-bond donors (Lipinski definition) is 1. The van der Waals surface area contributed by atoms with Gasteiger partial charge in [0.25, 0.3) is 0 Å². The van der Waals surface area contributed by atoms with Crippen molar-refractivity contribution in [3.63, 3.8) is 0 Å². The molecule has 0 unspecified atom stereocenters. The maximum Gasteiger partial charge on any atom is 0.106 e. The highest BCUT2D eigenvalue weighted by Crippen LogP contribution is 2.27. The summed E-state index contributed by atoms with van der Waals surface area (Å²) in [6, 6.07) is 20.6. The quantitative estimate of drug-likeness (QED) is 0.941. The lowest BCUT2D eigenvalue weighted by Crippen LogP contribution is -2.46. The van der Waals surface area contributed by atoms with E-state index >= 15 is 0 Å². The minimum atomic E-state index is -0.577. The van der Waals surface area contributed by atoms with Gasteiger partial charge in [-0.2, -0.15) is 0 Å². The number of ether oxygens (including phenoxy) is 1. The number of hydrogen-bond acceptors (Lipinski definition) is 3. The molecule has 116 valence electrons. The molecule has 3 rings (SSSR count). The number of benzene rings is 2. The molecule has 3 heteroatoms. The Bertz CT molecular complexity index is 521. The molecule has 0 spiro atoms. The molecule has 1 saturated heterocycles. The molecule has 1 heterocycles. The molecule has 0 aliphatic carbocycles. The van der Waals surface area contributed by atoms with E-state index in [1.807, 2.05) is 36.4 Å². The van der Waals surface area contributed by atoms with Gasteiger partial charge < -0.3 is 9.84 Å². The molecule has 3 nitrogen and oxygen atoms in total. The van der Waals surface area contributed by atoms with Crippen molar-refractivity contribution >= 4 is 0 Å². The van der Waals surface area contributed by atoms with Crippen molar-refractivity contribution in [3.05, 3.63) is 71.8 Å². The Kier molecular flexibility index (Phi) is 4.88. The second kappa shape index (κ2) is 7.05. The number of nitrogens with zero attached hydrogens (tertiary/aromatic N) is 1. The van der Waals surface area contributed by atoms with Crippen molar-refractivity contribution in [1.82, 2.24) is 4.90 Å². The van der Waals surface area contributed by atoms with E-state index in [2.05, 4.69) is 36.1 Å². The number of aliphatic hydroxyl groups excluding tert-OH is 1. The fourth-order valence-corrected chi connectivity index (χ4v) is 3.05. The molecule has 3 atom stereocenters. The van der Waals surface area contributed by atoms with Gasteiger partial charge in [0, 0.05) is 19.1 Å². The van der Waals surface area contributed by atoms with E-state index in [4.69, 9.17) is 4.74 Å². The Labute approximate surface area is 132 Å².